The summed E-state index contributed by atoms with van der Waals surface area (Å²) in [7, 11) is 0. The van der Waals surface area contributed by atoms with Gasteiger partial charge in [0.1, 0.15) is 0 Å². The number of aliphatic hydroxyl groups excluding tert-OH is 1. The van der Waals surface area contributed by atoms with Crippen LogP contribution in [-0.4, -0.2) is 38.8 Å². The minimum atomic E-state index is -0.511. The monoisotopic (exact) mass is 323 g/mol. The third-order valence-corrected chi connectivity index (χ3v) is 5.11. The molecule has 1 aliphatic heterocycles. The first-order valence-electron chi connectivity index (χ1n) is 6.40. The summed E-state index contributed by atoms with van der Waals surface area (Å²) < 4.78 is 0. The van der Waals surface area contributed by atoms with Gasteiger partial charge in [0.25, 0.3) is 11.8 Å². The van der Waals surface area contributed by atoms with Crippen molar-refractivity contribution in [3.05, 3.63) is 35.4 Å². The Morgan fingerprint density at radius 2 is 1.68 bits per heavy atom. The van der Waals surface area contributed by atoms with Gasteiger partial charge in [0.05, 0.1) is 28.1 Å². The van der Waals surface area contributed by atoms with E-state index in [1.54, 1.807) is 24.3 Å². The molecule has 0 spiro atoms. The molecule has 1 aromatic rings. The highest BCUT2D eigenvalue weighted by Gasteiger charge is 2.44. The SMILES string of the molecule is O=C1c2ccccc2C(=O)N1[C@@H]1CCC[C@H](O)[C@H]1Br. The van der Waals surface area contributed by atoms with E-state index in [1.165, 1.54) is 4.90 Å². The standard InChI is InChI=1S/C14H14BrNO3/c15-12-10(6-3-7-11(12)17)16-13(18)8-4-1-2-5-9(8)14(16)19/h1-2,4-5,10-12,17H,3,6-7H2/t10-,11+,12+/m1/s1. The van der Waals surface area contributed by atoms with Gasteiger partial charge in [-0.3, -0.25) is 14.5 Å². The van der Waals surface area contributed by atoms with E-state index in [9.17, 15) is 14.7 Å². The zero-order valence-electron chi connectivity index (χ0n) is 10.3. The van der Waals surface area contributed by atoms with Crippen LogP contribution >= 0.6 is 15.9 Å². The number of halogens is 1. The van der Waals surface area contributed by atoms with Gasteiger partial charge in [-0.05, 0) is 31.4 Å². The first-order valence-corrected chi connectivity index (χ1v) is 7.32. The maximum atomic E-state index is 12.4. The van der Waals surface area contributed by atoms with Crippen molar-refractivity contribution < 1.29 is 14.7 Å². The molecule has 2 aliphatic rings. The highest BCUT2D eigenvalue weighted by atomic mass is 79.9. The van der Waals surface area contributed by atoms with Crippen LogP contribution in [0.15, 0.2) is 24.3 Å². The number of rotatable bonds is 1. The Bertz CT molecular complexity index is 510. The number of fused-ring (bicyclic) bond motifs is 1. The number of amides is 2. The van der Waals surface area contributed by atoms with Crippen LogP contribution in [0.3, 0.4) is 0 Å². The molecular weight excluding hydrogens is 310 g/mol. The first kappa shape index (κ1) is 12.8. The molecule has 1 saturated carbocycles. The molecule has 1 aliphatic carbocycles. The van der Waals surface area contributed by atoms with Gasteiger partial charge < -0.3 is 5.11 Å². The third kappa shape index (κ3) is 1.92. The van der Waals surface area contributed by atoms with Crippen LogP contribution in [0.1, 0.15) is 40.0 Å². The number of benzene rings is 1. The minimum Gasteiger partial charge on any atom is -0.392 e. The maximum absolute atomic E-state index is 12.4. The van der Waals surface area contributed by atoms with Crippen LogP contribution < -0.4 is 0 Å². The van der Waals surface area contributed by atoms with Gasteiger partial charge >= 0.3 is 0 Å². The van der Waals surface area contributed by atoms with Crippen LogP contribution in [0.4, 0.5) is 0 Å². The first-order chi connectivity index (χ1) is 9.11. The van der Waals surface area contributed by atoms with Crippen molar-refractivity contribution in [2.24, 2.45) is 0 Å². The summed E-state index contributed by atoms with van der Waals surface area (Å²) in [5.41, 5.74) is 0.930. The Kier molecular flexibility index (Phi) is 3.19. The number of nitrogens with zero attached hydrogens (tertiary/aromatic N) is 1. The Hall–Kier alpha value is -1.20. The number of hydrogen-bond acceptors (Lipinski definition) is 3. The molecule has 0 radical (unpaired) electrons. The van der Waals surface area contributed by atoms with E-state index in [1.807, 2.05) is 0 Å². The molecule has 0 aromatic heterocycles. The van der Waals surface area contributed by atoms with E-state index in [0.717, 1.165) is 12.8 Å². The van der Waals surface area contributed by atoms with E-state index in [-0.39, 0.29) is 22.7 Å². The molecule has 0 unspecified atom stereocenters. The van der Waals surface area contributed by atoms with Crippen molar-refractivity contribution in [3.8, 4) is 0 Å². The quantitative estimate of drug-likeness (QED) is 0.635. The largest absolute Gasteiger partial charge is 0.392 e. The Morgan fingerprint density at radius 3 is 2.26 bits per heavy atom. The number of hydrogen-bond donors (Lipinski definition) is 1. The zero-order valence-corrected chi connectivity index (χ0v) is 11.8. The second-order valence-electron chi connectivity index (χ2n) is 5.04. The molecule has 19 heavy (non-hydrogen) atoms. The maximum Gasteiger partial charge on any atom is 0.261 e. The number of carbonyl (C=O) groups excluding carboxylic acids is 2. The summed E-state index contributed by atoms with van der Waals surface area (Å²) in [6.45, 7) is 0. The van der Waals surface area contributed by atoms with E-state index in [4.69, 9.17) is 0 Å². The summed E-state index contributed by atoms with van der Waals surface area (Å²) in [5, 5.41) is 9.90. The Morgan fingerprint density at radius 1 is 1.11 bits per heavy atom. The van der Waals surface area contributed by atoms with E-state index in [0.29, 0.717) is 17.5 Å². The normalized spacial score (nSPS) is 30.6. The van der Waals surface area contributed by atoms with Gasteiger partial charge in [0.15, 0.2) is 0 Å². The zero-order chi connectivity index (χ0) is 13.6. The van der Waals surface area contributed by atoms with Gasteiger partial charge in [-0.2, -0.15) is 0 Å². The summed E-state index contributed by atoms with van der Waals surface area (Å²) in [6.07, 6.45) is 1.75. The molecule has 3 rings (SSSR count). The van der Waals surface area contributed by atoms with Crippen LogP contribution in [0, 0.1) is 0 Å². The van der Waals surface area contributed by atoms with Crippen LogP contribution in [0.2, 0.25) is 0 Å². The molecule has 1 heterocycles. The molecule has 1 N–H and O–H groups in total. The predicted molar refractivity (Wildman–Crippen MR) is 73.3 cm³/mol. The molecule has 4 nitrogen and oxygen atoms in total. The van der Waals surface area contributed by atoms with Gasteiger partial charge in [-0.15, -0.1) is 0 Å². The van der Waals surface area contributed by atoms with Crippen molar-refractivity contribution in [2.45, 2.75) is 36.2 Å². The summed E-state index contributed by atoms with van der Waals surface area (Å²) in [4.78, 5) is 25.8. The lowest BCUT2D eigenvalue weighted by molar-refractivity contribution is 0.0447. The van der Waals surface area contributed by atoms with Crippen molar-refractivity contribution >= 4 is 27.7 Å². The van der Waals surface area contributed by atoms with E-state index >= 15 is 0 Å². The number of alkyl halides is 1. The fourth-order valence-electron chi connectivity index (χ4n) is 2.89. The summed E-state index contributed by atoms with van der Waals surface area (Å²) >= 11 is 3.43. The Balaban J connectivity index is 1.95. The molecule has 1 fully saturated rings. The minimum absolute atomic E-state index is 0.246. The molecule has 1 aromatic carbocycles. The fraction of sp³-hybridized carbons (Fsp3) is 0.429. The van der Waals surface area contributed by atoms with Crippen molar-refractivity contribution in [1.29, 1.82) is 0 Å². The number of imide groups is 1. The van der Waals surface area contributed by atoms with Gasteiger partial charge in [-0.25, -0.2) is 0 Å². The average Bonchev–Trinajstić information content (AvgIpc) is 2.67. The summed E-state index contributed by atoms with van der Waals surface area (Å²) in [6, 6.07) is 6.61. The molecule has 2 amide bonds. The second-order valence-corrected chi connectivity index (χ2v) is 6.09. The van der Waals surface area contributed by atoms with Crippen LogP contribution in [0.25, 0.3) is 0 Å². The molecule has 0 bridgehead atoms. The van der Waals surface area contributed by atoms with Gasteiger partial charge in [0.2, 0.25) is 0 Å². The molecule has 100 valence electrons. The van der Waals surface area contributed by atoms with Crippen LogP contribution in [0.5, 0.6) is 0 Å². The second kappa shape index (κ2) is 4.72. The van der Waals surface area contributed by atoms with Gasteiger partial charge in [-0.1, -0.05) is 28.1 Å². The lowest BCUT2D eigenvalue weighted by Gasteiger charge is -2.36. The topological polar surface area (TPSA) is 57.6 Å². The highest BCUT2D eigenvalue weighted by Crippen LogP contribution is 2.34. The van der Waals surface area contributed by atoms with Crippen molar-refractivity contribution in [1.82, 2.24) is 4.90 Å². The van der Waals surface area contributed by atoms with Crippen molar-refractivity contribution in [3.63, 3.8) is 0 Å². The number of carbonyl (C=O) groups is 2. The highest BCUT2D eigenvalue weighted by molar-refractivity contribution is 9.09. The van der Waals surface area contributed by atoms with Crippen LogP contribution in [-0.2, 0) is 0 Å². The molecule has 5 heteroatoms. The molecule has 0 saturated heterocycles. The predicted octanol–water partition coefficient (Wildman–Crippen LogP) is 1.96. The van der Waals surface area contributed by atoms with E-state index < -0.39 is 6.10 Å². The molecule has 3 atom stereocenters. The fourth-order valence-corrected chi connectivity index (χ4v) is 3.66. The average molecular weight is 324 g/mol. The van der Waals surface area contributed by atoms with E-state index in [2.05, 4.69) is 15.9 Å². The smallest absolute Gasteiger partial charge is 0.261 e. The Labute approximate surface area is 119 Å². The van der Waals surface area contributed by atoms with Crippen molar-refractivity contribution in [2.75, 3.05) is 0 Å². The van der Waals surface area contributed by atoms with Gasteiger partial charge in [0, 0.05) is 0 Å². The number of aliphatic hydroxyl groups is 1. The lowest BCUT2D eigenvalue weighted by atomic mass is 9.91. The lowest BCUT2D eigenvalue weighted by Crippen LogP contribution is -2.50. The molecular formula is C14H14BrNO3. The summed E-state index contributed by atoms with van der Waals surface area (Å²) in [5.74, 6) is -0.492. The third-order valence-electron chi connectivity index (χ3n) is 3.89.